The molecule has 1 aromatic heterocycles. The van der Waals surface area contributed by atoms with Crippen LogP contribution in [0.4, 0.5) is 0 Å². The van der Waals surface area contributed by atoms with Crippen molar-refractivity contribution in [3.63, 3.8) is 0 Å². The number of aryl methyl sites for hydroxylation is 1. The van der Waals surface area contributed by atoms with Gasteiger partial charge in [0.25, 0.3) is 5.91 Å². The van der Waals surface area contributed by atoms with Gasteiger partial charge in [0.1, 0.15) is 5.82 Å². The molecular formula is C23H25N5O3. The van der Waals surface area contributed by atoms with Crippen LogP contribution in [-0.4, -0.2) is 61.6 Å². The monoisotopic (exact) mass is 419 g/mol. The van der Waals surface area contributed by atoms with Crippen LogP contribution >= 0.6 is 0 Å². The first-order valence-corrected chi connectivity index (χ1v) is 10.3. The lowest BCUT2D eigenvalue weighted by Gasteiger charge is -2.28. The van der Waals surface area contributed by atoms with Crippen LogP contribution in [0.3, 0.4) is 0 Å². The Morgan fingerprint density at radius 3 is 2.55 bits per heavy atom. The number of benzene rings is 2. The van der Waals surface area contributed by atoms with Gasteiger partial charge in [-0.05, 0) is 37.1 Å². The number of aromatic carboxylic acids is 1. The van der Waals surface area contributed by atoms with Gasteiger partial charge in [-0.15, -0.1) is 0 Å². The summed E-state index contributed by atoms with van der Waals surface area (Å²) in [5, 5.41) is 16.5. The van der Waals surface area contributed by atoms with Gasteiger partial charge in [0.05, 0.1) is 11.6 Å². The molecule has 2 aromatic carbocycles. The molecule has 1 unspecified atom stereocenters. The molecule has 1 atom stereocenters. The highest BCUT2D eigenvalue weighted by molar-refractivity contribution is 5.97. The number of carboxylic acids is 1. The van der Waals surface area contributed by atoms with Gasteiger partial charge in [0.15, 0.2) is 5.82 Å². The molecule has 0 saturated carbocycles. The largest absolute Gasteiger partial charge is 0.478 e. The number of hydrogen-bond donors (Lipinski definition) is 2. The van der Waals surface area contributed by atoms with E-state index in [1.165, 1.54) is 17.7 Å². The van der Waals surface area contributed by atoms with E-state index in [2.05, 4.69) is 32.2 Å². The highest BCUT2D eigenvalue weighted by Crippen LogP contribution is 2.27. The zero-order chi connectivity index (χ0) is 21.8. The lowest BCUT2D eigenvalue weighted by atomic mass is 10.1. The Bertz CT molecular complexity index is 1070. The molecule has 8 nitrogen and oxygen atoms in total. The standard InChI is InChI=1S/C23H25N5O3/c1-16-24-21(26-25-16)20-10-11-27(15-17-6-3-2-4-7-17)12-13-28(20)22(29)18-8-5-9-19(14-18)23(30)31/h2-9,14,20H,10-13,15H2,1H3,(H,30,31)(H,24,25,26). The van der Waals surface area contributed by atoms with E-state index in [1.807, 2.05) is 25.1 Å². The topological polar surface area (TPSA) is 102 Å². The summed E-state index contributed by atoms with van der Waals surface area (Å²) in [4.78, 5) is 33.4. The SMILES string of the molecule is Cc1nc(C2CCN(Cc3ccccc3)CCN2C(=O)c2cccc(C(=O)O)c2)n[nH]1. The van der Waals surface area contributed by atoms with Crippen LogP contribution in [0.5, 0.6) is 0 Å². The highest BCUT2D eigenvalue weighted by atomic mass is 16.4. The number of aromatic amines is 1. The lowest BCUT2D eigenvalue weighted by Crippen LogP contribution is -2.37. The van der Waals surface area contributed by atoms with Crippen molar-refractivity contribution in [3.8, 4) is 0 Å². The van der Waals surface area contributed by atoms with Crippen LogP contribution < -0.4 is 0 Å². The van der Waals surface area contributed by atoms with Gasteiger partial charge < -0.3 is 10.0 Å². The molecule has 4 rings (SSSR count). The van der Waals surface area contributed by atoms with Crippen molar-refractivity contribution in [2.45, 2.75) is 25.9 Å². The van der Waals surface area contributed by atoms with Crippen LogP contribution in [0, 0.1) is 6.92 Å². The molecule has 1 amide bonds. The molecule has 0 radical (unpaired) electrons. The minimum atomic E-state index is -1.05. The maximum absolute atomic E-state index is 13.4. The molecule has 160 valence electrons. The Morgan fingerprint density at radius 2 is 1.84 bits per heavy atom. The average molecular weight is 419 g/mol. The van der Waals surface area contributed by atoms with E-state index < -0.39 is 5.97 Å². The predicted octanol–water partition coefficient (Wildman–Crippen LogP) is 2.90. The fourth-order valence-corrected chi connectivity index (χ4v) is 3.95. The van der Waals surface area contributed by atoms with Crippen molar-refractivity contribution < 1.29 is 14.7 Å². The summed E-state index contributed by atoms with van der Waals surface area (Å²) < 4.78 is 0. The Balaban J connectivity index is 1.60. The highest BCUT2D eigenvalue weighted by Gasteiger charge is 2.32. The first-order valence-electron chi connectivity index (χ1n) is 10.3. The molecule has 3 aromatic rings. The lowest BCUT2D eigenvalue weighted by molar-refractivity contribution is 0.0677. The van der Waals surface area contributed by atoms with Gasteiger partial charge >= 0.3 is 5.97 Å². The van der Waals surface area contributed by atoms with E-state index in [9.17, 15) is 14.7 Å². The van der Waals surface area contributed by atoms with Gasteiger partial charge in [0.2, 0.25) is 0 Å². The maximum Gasteiger partial charge on any atom is 0.335 e. The summed E-state index contributed by atoms with van der Waals surface area (Å²) in [5.41, 5.74) is 1.67. The van der Waals surface area contributed by atoms with Crippen LogP contribution in [0.25, 0.3) is 0 Å². The number of hydrogen-bond acceptors (Lipinski definition) is 5. The number of carbonyl (C=O) groups excluding carboxylic acids is 1. The third-order valence-corrected chi connectivity index (χ3v) is 5.53. The number of nitrogens with zero attached hydrogens (tertiary/aromatic N) is 4. The molecule has 0 spiro atoms. The van der Waals surface area contributed by atoms with Gasteiger partial charge in [-0.25, -0.2) is 9.78 Å². The third-order valence-electron chi connectivity index (χ3n) is 5.53. The van der Waals surface area contributed by atoms with Crippen LogP contribution in [0.1, 0.15) is 50.4 Å². The van der Waals surface area contributed by atoms with E-state index >= 15 is 0 Å². The Hall–Kier alpha value is -3.52. The molecule has 0 bridgehead atoms. The molecule has 2 N–H and O–H groups in total. The molecule has 1 saturated heterocycles. The number of amides is 1. The van der Waals surface area contributed by atoms with Gasteiger partial charge in [-0.1, -0.05) is 36.4 Å². The van der Waals surface area contributed by atoms with Gasteiger partial charge in [-0.2, -0.15) is 5.10 Å². The van der Waals surface area contributed by atoms with Crippen molar-refractivity contribution in [3.05, 3.63) is 82.9 Å². The summed E-state index contributed by atoms with van der Waals surface area (Å²) in [7, 11) is 0. The quantitative estimate of drug-likeness (QED) is 0.659. The van der Waals surface area contributed by atoms with E-state index in [-0.39, 0.29) is 17.5 Å². The molecule has 0 aliphatic carbocycles. The summed E-state index contributed by atoms with van der Waals surface area (Å²) in [6.07, 6.45) is 0.689. The van der Waals surface area contributed by atoms with Crippen molar-refractivity contribution in [1.82, 2.24) is 25.0 Å². The number of carboxylic acid groups (broad SMARTS) is 1. The molecule has 1 aliphatic rings. The van der Waals surface area contributed by atoms with Crippen LogP contribution in [-0.2, 0) is 6.54 Å². The van der Waals surface area contributed by atoms with E-state index in [0.29, 0.717) is 36.7 Å². The Morgan fingerprint density at radius 1 is 1.06 bits per heavy atom. The van der Waals surface area contributed by atoms with Gasteiger partial charge in [-0.3, -0.25) is 14.8 Å². The first-order chi connectivity index (χ1) is 15.0. The second-order valence-electron chi connectivity index (χ2n) is 7.73. The number of aromatic nitrogens is 3. The fraction of sp³-hybridized carbons (Fsp3) is 0.304. The smallest absolute Gasteiger partial charge is 0.335 e. The molecule has 1 aliphatic heterocycles. The van der Waals surface area contributed by atoms with Crippen LogP contribution in [0.15, 0.2) is 54.6 Å². The summed E-state index contributed by atoms with van der Waals surface area (Å²) in [6.45, 7) is 4.64. The number of carbonyl (C=O) groups is 2. The Kier molecular flexibility index (Phi) is 6.08. The maximum atomic E-state index is 13.4. The van der Waals surface area contributed by atoms with Crippen molar-refractivity contribution in [2.24, 2.45) is 0 Å². The fourth-order valence-electron chi connectivity index (χ4n) is 3.95. The number of nitrogens with one attached hydrogen (secondary N) is 1. The van der Waals surface area contributed by atoms with Crippen molar-refractivity contribution in [2.75, 3.05) is 19.6 Å². The number of H-pyrrole nitrogens is 1. The summed E-state index contributed by atoms with van der Waals surface area (Å²) >= 11 is 0. The van der Waals surface area contributed by atoms with Gasteiger partial charge in [0, 0.05) is 31.7 Å². The van der Waals surface area contributed by atoms with E-state index in [0.717, 1.165) is 13.1 Å². The first kappa shape index (κ1) is 20.7. The van der Waals surface area contributed by atoms with E-state index in [1.54, 1.807) is 17.0 Å². The Labute approximate surface area is 180 Å². The summed E-state index contributed by atoms with van der Waals surface area (Å²) in [6, 6.07) is 16.1. The summed E-state index contributed by atoms with van der Waals surface area (Å²) in [5.74, 6) is 0.0141. The molecular weight excluding hydrogens is 394 g/mol. The zero-order valence-electron chi connectivity index (χ0n) is 17.4. The number of rotatable bonds is 5. The minimum absolute atomic E-state index is 0.0941. The molecule has 2 heterocycles. The van der Waals surface area contributed by atoms with Crippen LogP contribution in [0.2, 0.25) is 0 Å². The molecule has 1 fully saturated rings. The minimum Gasteiger partial charge on any atom is -0.478 e. The average Bonchev–Trinajstić information content (AvgIpc) is 3.10. The second kappa shape index (κ2) is 9.09. The normalized spacial score (nSPS) is 17.3. The molecule has 8 heteroatoms. The second-order valence-corrected chi connectivity index (χ2v) is 7.73. The predicted molar refractivity (Wildman–Crippen MR) is 115 cm³/mol. The molecule has 31 heavy (non-hydrogen) atoms. The zero-order valence-corrected chi connectivity index (χ0v) is 17.4. The van der Waals surface area contributed by atoms with E-state index in [4.69, 9.17) is 0 Å². The van der Waals surface area contributed by atoms with Crippen molar-refractivity contribution >= 4 is 11.9 Å². The third kappa shape index (κ3) is 4.80. The van der Waals surface area contributed by atoms with Crippen molar-refractivity contribution in [1.29, 1.82) is 0 Å².